The number of ketones is 1. The predicted molar refractivity (Wildman–Crippen MR) is 184 cm³/mol. The molecule has 6 aliphatic carbocycles. The average Bonchev–Trinajstić information content (AvgIpc) is 3.61. The molecule has 9 rings (SSSR count). The first kappa shape index (κ1) is 30.9. The number of thiophene rings is 1. The summed E-state index contributed by atoms with van der Waals surface area (Å²) in [6.07, 6.45) is 13.0. The monoisotopic (exact) mass is 642 g/mol. The zero-order valence-corrected chi connectivity index (χ0v) is 28.7. The molecule has 3 saturated carbocycles. The quantitative estimate of drug-likeness (QED) is 0.271. The number of carbonyl (C=O) groups is 1. The third-order valence-electron chi connectivity index (χ3n) is 14.2. The molecular weight excluding hydrogens is 593 g/mol. The number of methoxy groups -OCH3 is 1. The molecule has 246 valence electrons. The number of Topliss-reactive ketones (excluding diaryl/α,β-unsaturated/α-hetero) is 1. The summed E-state index contributed by atoms with van der Waals surface area (Å²) in [4.78, 5) is 21.5. The number of anilines is 1. The van der Waals surface area contributed by atoms with Crippen molar-refractivity contribution in [3.63, 3.8) is 0 Å². The van der Waals surface area contributed by atoms with Crippen LogP contribution in [0.1, 0.15) is 73.3 Å². The van der Waals surface area contributed by atoms with Crippen LogP contribution < -0.4 is 9.64 Å². The van der Waals surface area contributed by atoms with Crippen molar-refractivity contribution in [3.8, 4) is 5.75 Å². The van der Waals surface area contributed by atoms with E-state index >= 15 is 0 Å². The van der Waals surface area contributed by atoms with E-state index in [1.807, 2.05) is 18.2 Å². The number of aryl methyl sites for hydroxylation is 1. The van der Waals surface area contributed by atoms with E-state index in [-0.39, 0.29) is 34.1 Å². The number of hydrogen-bond donors (Lipinski definition) is 2. The third kappa shape index (κ3) is 4.07. The Morgan fingerprint density at radius 3 is 2.41 bits per heavy atom. The molecule has 0 radical (unpaired) electrons. The van der Waals surface area contributed by atoms with Crippen LogP contribution in [-0.2, 0) is 0 Å². The lowest BCUT2D eigenvalue weighted by Crippen LogP contribution is -2.67. The van der Waals surface area contributed by atoms with E-state index in [1.54, 1.807) is 18.4 Å². The number of aliphatic hydroxyl groups is 2. The van der Waals surface area contributed by atoms with Gasteiger partial charge in [0.1, 0.15) is 5.75 Å². The number of piperazine rings is 1. The third-order valence-corrected chi connectivity index (χ3v) is 15.2. The summed E-state index contributed by atoms with van der Waals surface area (Å²) in [5.74, 6) is 1.59. The molecule has 6 nitrogen and oxygen atoms in total. The van der Waals surface area contributed by atoms with Gasteiger partial charge in [-0.3, -0.25) is 9.69 Å². The molecule has 2 aromatic rings. The fourth-order valence-corrected chi connectivity index (χ4v) is 12.5. The van der Waals surface area contributed by atoms with E-state index in [9.17, 15) is 15.0 Å². The summed E-state index contributed by atoms with van der Waals surface area (Å²) in [5.41, 5.74) is 0.277. The molecule has 2 spiro atoms. The Balaban J connectivity index is 1.12. The van der Waals surface area contributed by atoms with Gasteiger partial charge in [-0.15, -0.1) is 11.3 Å². The Morgan fingerprint density at radius 2 is 1.67 bits per heavy atom. The standard InChI is InChI=1S/C39H50N2O4S/c1-26-9-10-31(46-26)34(43)28-24-37-17-18-39(28)32(35(37,2)14-11-27(42)23-37)12-15-36(3)33(39)13-16-38(36,44)25-40-19-21-41(22-20-40)29-7-5-6-8-30(29)45-4/h5-10,17-18,24,27,32-33,42,44H,11-16,19-23,25H2,1-4H3. The fraction of sp³-hybridized carbons (Fsp3) is 0.615. The zero-order valence-electron chi connectivity index (χ0n) is 27.9. The Hall–Kier alpha value is -2.45. The predicted octanol–water partition coefficient (Wildman–Crippen LogP) is 6.66. The lowest BCUT2D eigenvalue weighted by Gasteiger charge is -2.71. The van der Waals surface area contributed by atoms with Gasteiger partial charge < -0.3 is 19.8 Å². The van der Waals surface area contributed by atoms with Crippen LogP contribution in [0.15, 0.2) is 60.2 Å². The number of nitrogens with zero attached hydrogens (tertiary/aromatic N) is 2. The molecule has 4 fully saturated rings. The Kier molecular flexibility index (Phi) is 7.06. The summed E-state index contributed by atoms with van der Waals surface area (Å²) in [7, 11) is 1.73. The molecule has 2 N–H and O–H groups in total. The molecule has 7 aliphatic rings. The van der Waals surface area contributed by atoms with Crippen molar-refractivity contribution in [1.82, 2.24) is 4.90 Å². The van der Waals surface area contributed by atoms with Gasteiger partial charge in [0.15, 0.2) is 5.78 Å². The normalized spacial score (nSPS) is 41.5. The molecular formula is C39H50N2O4S. The van der Waals surface area contributed by atoms with E-state index in [1.165, 1.54) is 0 Å². The molecule has 2 heterocycles. The van der Waals surface area contributed by atoms with Crippen LogP contribution >= 0.6 is 11.3 Å². The van der Waals surface area contributed by atoms with Crippen molar-refractivity contribution in [2.45, 2.75) is 77.4 Å². The molecule has 8 unspecified atom stereocenters. The topological polar surface area (TPSA) is 73.2 Å². The first-order valence-electron chi connectivity index (χ1n) is 17.5. The maximum absolute atomic E-state index is 14.6. The van der Waals surface area contributed by atoms with Crippen molar-refractivity contribution in [2.75, 3.05) is 44.7 Å². The highest BCUT2D eigenvalue weighted by atomic mass is 32.1. The molecule has 1 aliphatic heterocycles. The summed E-state index contributed by atoms with van der Waals surface area (Å²) < 4.78 is 5.65. The van der Waals surface area contributed by atoms with Crippen LogP contribution in [0.4, 0.5) is 5.69 Å². The molecule has 7 heteroatoms. The SMILES string of the molecule is COc1ccccc1N1CCN(CC2(O)CCC3C45C=CC6(C=C4C(=O)c4ccc(C)s4)CC(O)CCC6(C)C5CCC32C)CC1. The highest BCUT2D eigenvalue weighted by Crippen LogP contribution is 2.78. The minimum Gasteiger partial charge on any atom is -0.495 e. The number of fused-ring (bicyclic) bond motifs is 1. The van der Waals surface area contributed by atoms with Crippen molar-refractivity contribution < 1.29 is 19.7 Å². The lowest BCUT2D eigenvalue weighted by molar-refractivity contribution is -0.176. The van der Waals surface area contributed by atoms with Gasteiger partial charge in [-0.25, -0.2) is 0 Å². The molecule has 1 aromatic carbocycles. The van der Waals surface area contributed by atoms with Crippen molar-refractivity contribution in [1.29, 1.82) is 0 Å². The van der Waals surface area contributed by atoms with Gasteiger partial charge >= 0.3 is 0 Å². The largest absolute Gasteiger partial charge is 0.495 e. The minimum atomic E-state index is -0.818. The van der Waals surface area contributed by atoms with Crippen LogP contribution in [-0.4, -0.2) is 72.4 Å². The first-order valence-corrected chi connectivity index (χ1v) is 18.4. The summed E-state index contributed by atoms with van der Waals surface area (Å²) in [5, 5.41) is 23.8. The number of para-hydroxylation sites is 2. The summed E-state index contributed by atoms with van der Waals surface area (Å²) in [6, 6.07) is 12.3. The highest BCUT2D eigenvalue weighted by Gasteiger charge is 2.74. The molecule has 1 aromatic heterocycles. The van der Waals surface area contributed by atoms with Crippen LogP contribution in [0, 0.1) is 40.4 Å². The molecule has 8 atom stereocenters. The Morgan fingerprint density at radius 1 is 0.957 bits per heavy atom. The van der Waals surface area contributed by atoms with Crippen molar-refractivity contribution >= 4 is 22.8 Å². The Labute approximate surface area is 278 Å². The first-order chi connectivity index (χ1) is 22.0. The molecule has 2 bridgehead atoms. The molecule has 0 amide bonds. The summed E-state index contributed by atoms with van der Waals surface area (Å²) in [6.45, 7) is 11.2. The van der Waals surface area contributed by atoms with Crippen LogP contribution in [0.5, 0.6) is 5.75 Å². The van der Waals surface area contributed by atoms with Crippen LogP contribution in [0.2, 0.25) is 0 Å². The average molecular weight is 643 g/mol. The van der Waals surface area contributed by atoms with E-state index in [0.29, 0.717) is 18.9 Å². The van der Waals surface area contributed by atoms with Crippen LogP contribution in [0.25, 0.3) is 0 Å². The van der Waals surface area contributed by atoms with E-state index < -0.39 is 11.0 Å². The number of ether oxygens (including phenoxy) is 1. The van der Waals surface area contributed by atoms with E-state index in [0.717, 1.165) is 91.5 Å². The van der Waals surface area contributed by atoms with Gasteiger partial charge in [-0.05, 0) is 93.4 Å². The number of rotatable bonds is 6. The molecule has 1 saturated heterocycles. The van der Waals surface area contributed by atoms with E-state index in [4.69, 9.17) is 4.74 Å². The minimum absolute atomic E-state index is 0.00696. The van der Waals surface area contributed by atoms with Gasteiger partial charge in [-0.2, -0.15) is 0 Å². The fourth-order valence-electron chi connectivity index (χ4n) is 11.7. The number of aliphatic hydroxyl groups excluding tert-OH is 1. The Bertz CT molecular complexity index is 1610. The maximum Gasteiger partial charge on any atom is 0.199 e. The lowest BCUT2D eigenvalue weighted by atomic mass is 9.32. The number of carbonyl (C=O) groups excluding carboxylic acids is 1. The highest BCUT2D eigenvalue weighted by molar-refractivity contribution is 7.14. The van der Waals surface area contributed by atoms with Gasteiger partial charge in [0.25, 0.3) is 0 Å². The number of benzene rings is 1. The van der Waals surface area contributed by atoms with Gasteiger partial charge in [0.2, 0.25) is 0 Å². The van der Waals surface area contributed by atoms with Gasteiger partial charge in [0, 0.05) is 59.4 Å². The van der Waals surface area contributed by atoms with E-state index in [2.05, 4.69) is 67.0 Å². The second-order valence-corrected chi connectivity index (χ2v) is 17.3. The second kappa shape index (κ2) is 10.5. The van der Waals surface area contributed by atoms with Crippen LogP contribution in [0.3, 0.4) is 0 Å². The van der Waals surface area contributed by atoms with Gasteiger partial charge in [0.05, 0.1) is 29.4 Å². The molecule has 46 heavy (non-hydrogen) atoms. The number of hydrogen-bond acceptors (Lipinski definition) is 7. The maximum atomic E-state index is 14.6. The van der Waals surface area contributed by atoms with Gasteiger partial charge in [-0.1, -0.05) is 44.2 Å². The number of β-amino-alcohol motifs (C(OH)–C–C–N with tert-alkyl or cyclic N) is 1. The van der Waals surface area contributed by atoms with Crippen molar-refractivity contribution in [2.24, 2.45) is 33.5 Å². The zero-order chi connectivity index (χ0) is 32.1. The van der Waals surface area contributed by atoms with Crippen molar-refractivity contribution in [3.05, 3.63) is 70.0 Å². The second-order valence-electron chi connectivity index (χ2n) is 16.0. The summed E-state index contributed by atoms with van der Waals surface area (Å²) >= 11 is 1.60. The smallest absolute Gasteiger partial charge is 0.199 e. The number of allylic oxidation sites excluding steroid dienone is 4.